The monoisotopic (exact) mass is 294 g/mol. The van der Waals surface area contributed by atoms with E-state index in [0.29, 0.717) is 19.5 Å². The zero-order valence-corrected chi connectivity index (χ0v) is 11.9. The van der Waals surface area contributed by atoms with E-state index >= 15 is 0 Å². The number of aliphatic hydroxyl groups is 1. The lowest BCUT2D eigenvalue weighted by Crippen LogP contribution is -2.51. The first kappa shape index (κ1) is 12.8. The molecular formula is C13H14N2O2S2. The molecule has 3 rings (SSSR count). The smallest absolute Gasteiger partial charge is 0.228 e. The van der Waals surface area contributed by atoms with E-state index in [-0.39, 0.29) is 18.4 Å². The van der Waals surface area contributed by atoms with Crippen molar-refractivity contribution in [3.63, 3.8) is 0 Å². The highest BCUT2D eigenvalue weighted by atomic mass is 32.1. The van der Waals surface area contributed by atoms with Crippen LogP contribution in [-0.4, -0.2) is 40.6 Å². The molecule has 100 valence electrons. The van der Waals surface area contributed by atoms with Crippen molar-refractivity contribution in [2.75, 3.05) is 19.7 Å². The van der Waals surface area contributed by atoms with Gasteiger partial charge in [-0.25, -0.2) is 4.98 Å². The van der Waals surface area contributed by atoms with Gasteiger partial charge in [-0.05, 0) is 11.4 Å². The van der Waals surface area contributed by atoms with Gasteiger partial charge in [-0.15, -0.1) is 22.7 Å². The highest BCUT2D eigenvalue weighted by molar-refractivity contribution is 7.20. The second-order valence-corrected chi connectivity index (χ2v) is 6.45. The molecule has 1 N–H and O–H groups in total. The van der Waals surface area contributed by atoms with Crippen LogP contribution in [-0.2, 0) is 11.2 Å². The van der Waals surface area contributed by atoms with Crippen molar-refractivity contribution in [1.82, 2.24) is 9.88 Å². The van der Waals surface area contributed by atoms with Crippen LogP contribution < -0.4 is 0 Å². The molecule has 3 heterocycles. The van der Waals surface area contributed by atoms with Gasteiger partial charge in [0.1, 0.15) is 5.01 Å². The van der Waals surface area contributed by atoms with Crippen LogP contribution in [0, 0.1) is 5.92 Å². The third kappa shape index (κ3) is 2.70. The maximum atomic E-state index is 12.0. The molecule has 0 atom stereocenters. The first-order valence-electron chi connectivity index (χ1n) is 6.13. The summed E-state index contributed by atoms with van der Waals surface area (Å²) in [6.07, 6.45) is 0.361. The summed E-state index contributed by atoms with van der Waals surface area (Å²) in [7, 11) is 0. The number of thiazole rings is 1. The molecular weight excluding hydrogens is 280 g/mol. The minimum atomic E-state index is 0.104. The molecule has 0 spiro atoms. The van der Waals surface area contributed by atoms with Gasteiger partial charge in [-0.2, -0.15) is 0 Å². The molecule has 1 saturated heterocycles. The van der Waals surface area contributed by atoms with Crippen molar-refractivity contribution < 1.29 is 9.90 Å². The molecule has 6 heteroatoms. The summed E-state index contributed by atoms with van der Waals surface area (Å²) in [5.74, 6) is 0.369. The SMILES string of the molecule is O=C(Cc1csc(-c2cccs2)n1)N1CC(CO)C1. The lowest BCUT2D eigenvalue weighted by molar-refractivity contribution is -0.137. The number of thiophene rings is 1. The highest BCUT2D eigenvalue weighted by Gasteiger charge is 2.29. The van der Waals surface area contributed by atoms with E-state index in [9.17, 15) is 4.79 Å². The van der Waals surface area contributed by atoms with E-state index in [4.69, 9.17) is 5.11 Å². The van der Waals surface area contributed by atoms with Crippen LogP contribution in [0.15, 0.2) is 22.9 Å². The standard InChI is InChI=1S/C13H14N2O2S2/c16-7-9-5-15(6-9)12(17)4-10-8-19-13(14-10)11-2-1-3-18-11/h1-3,8-9,16H,4-7H2. The van der Waals surface area contributed by atoms with Gasteiger partial charge in [-0.3, -0.25) is 4.79 Å². The number of rotatable bonds is 4. The number of hydrogen-bond donors (Lipinski definition) is 1. The van der Waals surface area contributed by atoms with Gasteiger partial charge in [0.25, 0.3) is 0 Å². The zero-order chi connectivity index (χ0) is 13.2. The van der Waals surface area contributed by atoms with E-state index in [0.717, 1.165) is 15.6 Å². The van der Waals surface area contributed by atoms with Crippen molar-refractivity contribution in [3.05, 3.63) is 28.6 Å². The second kappa shape index (κ2) is 5.40. The van der Waals surface area contributed by atoms with Crippen LogP contribution in [0.4, 0.5) is 0 Å². The number of aliphatic hydroxyl groups excluding tert-OH is 1. The topological polar surface area (TPSA) is 53.4 Å². The molecule has 0 aliphatic carbocycles. The van der Waals surface area contributed by atoms with E-state index < -0.39 is 0 Å². The summed E-state index contributed by atoms with van der Waals surface area (Å²) in [5, 5.41) is 13.9. The Hall–Kier alpha value is -1.24. The number of aromatic nitrogens is 1. The number of likely N-dealkylation sites (tertiary alicyclic amines) is 1. The fourth-order valence-electron chi connectivity index (χ4n) is 2.06. The molecule has 0 bridgehead atoms. The lowest BCUT2D eigenvalue weighted by atomic mass is 10.0. The summed E-state index contributed by atoms with van der Waals surface area (Å²) < 4.78 is 0. The normalized spacial score (nSPS) is 15.5. The van der Waals surface area contributed by atoms with Crippen LogP contribution >= 0.6 is 22.7 Å². The molecule has 1 amide bonds. The third-order valence-corrected chi connectivity index (χ3v) is 5.11. The summed E-state index contributed by atoms with van der Waals surface area (Å²) in [5.41, 5.74) is 0.839. The molecule has 1 fully saturated rings. The van der Waals surface area contributed by atoms with Crippen molar-refractivity contribution >= 4 is 28.6 Å². The number of amides is 1. The lowest BCUT2D eigenvalue weighted by Gasteiger charge is -2.38. The van der Waals surface area contributed by atoms with Gasteiger partial charge < -0.3 is 10.0 Å². The number of hydrogen-bond acceptors (Lipinski definition) is 5. The molecule has 19 heavy (non-hydrogen) atoms. The first-order valence-corrected chi connectivity index (χ1v) is 7.89. The maximum absolute atomic E-state index is 12.0. The van der Waals surface area contributed by atoms with E-state index in [2.05, 4.69) is 4.98 Å². The molecule has 1 aliphatic heterocycles. The number of carbonyl (C=O) groups excluding carboxylic acids is 1. The van der Waals surface area contributed by atoms with E-state index in [1.54, 1.807) is 27.6 Å². The Morgan fingerprint density at radius 1 is 1.47 bits per heavy atom. The Balaban J connectivity index is 1.60. The van der Waals surface area contributed by atoms with Gasteiger partial charge in [0, 0.05) is 31.0 Å². The van der Waals surface area contributed by atoms with Crippen molar-refractivity contribution in [1.29, 1.82) is 0 Å². The average Bonchev–Trinajstić information content (AvgIpc) is 2.96. The predicted octanol–water partition coefficient (Wildman–Crippen LogP) is 1.86. The Bertz CT molecular complexity index is 559. The summed E-state index contributed by atoms with van der Waals surface area (Å²) in [6.45, 7) is 1.53. The molecule has 4 nitrogen and oxygen atoms in total. The average molecular weight is 294 g/mol. The number of nitrogens with zero attached hydrogens (tertiary/aromatic N) is 2. The third-order valence-electron chi connectivity index (χ3n) is 3.18. The fraction of sp³-hybridized carbons (Fsp3) is 0.385. The van der Waals surface area contributed by atoms with Crippen molar-refractivity contribution in [3.8, 4) is 9.88 Å². The van der Waals surface area contributed by atoms with E-state index in [1.165, 1.54) is 0 Å². The maximum Gasteiger partial charge on any atom is 0.228 e. The number of carbonyl (C=O) groups is 1. The minimum Gasteiger partial charge on any atom is -0.396 e. The molecule has 0 radical (unpaired) electrons. The minimum absolute atomic E-state index is 0.104. The first-order chi connectivity index (χ1) is 9.26. The largest absolute Gasteiger partial charge is 0.396 e. The molecule has 0 saturated carbocycles. The van der Waals surface area contributed by atoms with Crippen LogP contribution in [0.3, 0.4) is 0 Å². The quantitative estimate of drug-likeness (QED) is 0.936. The summed E-state index contributed by atoms with van der Waals surface area (Å²) in [6, 6.07) is 4.04. The van der Waals surface area contributed by atoms with Crippen molar-refractivity contribution in [2.24, 2.45) is 5.92 Å². The Kier molecular flexibility index (Phi) is 3.63. The Labute approximate surface area is 119 Å². The van der Waals surface area contributed by atoms with Gasteiger partial charge in [0.15, 0.2) is 0 Å². The fourth-order valence-corrected chi connectivity index (χ4v) is 3.69. The van der Waals surface area contributed by atoms with Crippen LogP contribution in [0.5, 0.6) is 0 Å². The van der Waals surface area contributed by atoms with Gasteiger partial charge in [0.2, 0.25) is 5.91 Å². The summed E-state index contributed by atoms with van der Waals surface area (Å²) in [4.78, 5) is 19.4. The second-order valence-electron chi connectivity index (χ2n) is 4.65. The van der Waals surface area contributed by atoms with Crippen molar-refractivity contribution in [2.45, 2.75) is 6.42 Å². The van der Waals surface area contributed by atoms with E-state index in [1.807, 2.05) is 22.9 Å². The van der Waals surface area contributed by atoms with Gasteiger partial charge in [-0.1, -0.05) is 6.07 Å². The summed E-state index contributed by atoms with van der Waals surface area (Å²) >= 11 is 3.24. The van der Waals surface area contributed by atoms with Gasteiger partial charge >= 0.3 is 0 Å². The molecule has 2 aromatic rings. The molecule has 1 aliphatic rings. The molecule has 2 aromatic heterocycles. The Morgan fingerprint density at radius 3 is 3.00 bits per heavy atom. The van der Waals surface area contributed by atoms with Crippen LogP contribution in [0.25, 0.3) is 9.88 Å². The molecule has 0 unspecified atom stereocenters. The molecule has 0 aromatic carbocycles. The Morgan fingerprint density at radius 2 is 2.32 bits per heavy atom. The zero-order valence-electron chi connectivity index (χ0n) is 10.3. The predicted molar refractivity (Wildman–Crippen MR) is 76.3 cm³/mol. The van der Waals surface area contributed by atoms with Crippen LogP contribution in [0.1, 0.15) is 5.69 Å². The highest BCUT2D eigenvalue weighted by Crippen LogP contribution is 2.28. The van der Waals surface area contributed by atoms with Gasteiger partial charge in [0.05, 0.1) is 17.0 Å². The van der Waals surface area contributed by atoms with Crippen LogP contribution in [0.2, 0.25) is 0 Å².